The van der Waals surface area contributed by atoms with Gasteiger partial charge in [-0.25, -0.2) is 0 Å². The van der Waals surface area contributed by atoms with E-state index in [1.807, 2.05) is 11.0 Å². The minimum atomic E-state index is 0.0160. The third-order valence-corrected chi connectivity index (χ3v) is 6.76. The van der Waals surface area contributed by atoms with Crippen LogP contribution in [0.5, 0.6) is 11.5 Å². The highest BCUT2D eigenvalue weighted by Crippen LogP contribution is 2.42. The molecule has 1 aliphatic heterocycles. The molecule has 7 nitrogen and oxygen atoms in total. The fourth-order valence-electron chi connectivity index (χ4n) is 4.92. The van der Waals surface area contributed by atoms with Crippen LogP contribution in [0.15, 0.2) is 23.2 Å². The zero-order valence-electron chi connectivity index (χ0n) is 20.0. The number of amides is 1. The van der Waals surface area contributed by atoms with Gasteiger partial charge in [-0.15, -0.1) is 0 Å². The molecular weight excluding hydrogens is 404 g/mol. The molecule has 0 bridgehead atoms. The summed E-state index contributed by atoms with van der Waals surface area (Å²) in [5, 5.41) is 6.85. The summed E-state index contributed by atoms with van der Waals surface area (Å²) in [4.78, 5) is 18.8. The summed E-state index contributed by atoms with van der Waals surface area (Å²) in [5.74, 6) is 2.68. The summed E-state index contributed by atoms with van der Waals surface area (Å²) < 4.78 is 11.0. The van der Waals surface area contributed by atoms with Gasteiger partial charge < -0.3 is 25.0 Å². The molecule has 0 radical (unpaired) electrons. The molecule has 0 unspecified atom stereocenters. The second kappa shape index (κ2) is 12.0. The van der Waals surface area contributed by atoms with Crippen molar-refractivity contribution in [3.05, 3.63) is 23.8 Å². The first kappa shape index (κ1) is 24.2. The third kappa shape index (κ3) is 6.08. The molecule has 7 heteroatoms. The predicted molar refractivity (Wildman–Crippen MR) is 129 cm³/mol. The first-order valence-corrected chi connectivity index (χ1v) is 12.1. The molecule has 1 saturated heterocycles. The van der Waals surface area contributed by atoms with Crippen molar-refractivity contribution in [1.82, 2.24) is 15.5 Å². The van der Waals surface area contributed by atoms with Gasteiger partial charge >= 0.3 is 0 Å². The Hall–Kier alpha value is -2.44. The van der Waals surface area contributed by atoms with Crippen LogP contribution >= 0.6 is 0 Å². The zero-order valence-corrected chi connectivity index (χ0v) is 20.0. The predicted octanol–water partition coefficient (Wildman–Crippen LogP) is 3.47. The number of carbonyl (C=O) groups is 1. The molecule has 0 aromatic heterocycles. The smallest absolute Gasteiger partial charge is 0.222 e. The average molecular weight is 445 g/mol. The number of likely N-dealkylation sites (tertiary alicyclic amines) is 1. The van der Waals surface area contributed by atoms with Crippen LogP contribution in [0.4, 0.5) is 0 Å². The number of guanidine groups is 1. The van der Waals surface area contributed by atoms with Crippen LogP contribution in [0, 0.1) is 0 Å². The molecule has 1 saturated carbocycles. The van der Waals surface area contributed by atoms with Crippen LogP contribution in [0.25, 0.3) is 0 Å². The Morgan fingerprint density at radius 2 is 1.88 bits per heavy atom. The Morgan fingerprint density at radius 3 is 2.53 bits per heavy atom. The van der Waals surface area contributed by atoms with Gasteiger partial charge in [-0.3, -0.25) is 9.79 Å². The summed E-state index contributed by atoms with van der Waals surface area (Å²) in [6.45, 7) is 6.17. The van der Waals surface area contributed by atoms with E-state index in [0.29, 0.717) is 12.3 Å². The van der Waals surface area contributed by atoms with E-state index < -0.39 is 0 Å². The van der Waals surface area contributed by atoms with Crippen molar-refractivity contribution >= 4 is 11.9 Å². The molecule has 178 valence electrons. The SMILES string of the molecule is CCNC(=NCC1(c2ccc(OC)c(OC)c2)CCCCC1)NCCCN1CCCC1=O. The molecular formula is C25H40N4O3. The lowest BCUT2D eigenvalue weighted by atomic mass is 9.69. The monoisotopic (exact) mass is 444 g/mol. The number of ether oxygens (including phenoxy) is 2. The summed E-state index contributed by atoms with van der Waals surface area (Å²) in [6, 6.07) is 6.32. The summed E-state index contributed by atoms with van der Waals surface area (Å²) in [5.41, 5.74) is 1.30. The van der Waals surface area contributed by atoms with Crippen LogP contribution < -0.4 is 20.1 Å². The first-order valence-electron chi connectivity index (χ1n) is 12.1. The highest BCUT2D eigenvalue weighted by Gasteiger charge is 2.34. The lowest BCUT2D eigenvalue weighted by Gasteiger charge is -2.37. The number of hydrogen-bond donors (Lipinski definition) is 2. The normalized spacial score (nSPS) is 18.5. The van der Waals surface area contributed by atoms with E-state index in [2.05, 4.69) is 29.7 Å². The Labute approximate surface area is 192 Å². The molecule has 1 heterocycles. The molecule has 1 aromatic carbocycles. The van der Waals surface area contributed by atoms with Gasteiger partial charge in [0.25, 0.3) is 0 Å². The molecule has 2 N–H and O–H groups in total. The third-order valence-electron chi connectivity index (χ3n) is 6.76. The van der Waals surface area contributed by atoms with Crippen LogP contribution in [-0.2, 0) is 10.2 Å². The Morgan fingerprint density at radius 1 is 1.09 bits per heavy atom. The van der Waals surface area contributed by atoms with Crippen LogP contribution in [-0.4, -0.2) is 63.7 Å². The molecule has 1 aromatic rings. The van der Waals surface area contributed by atoms with Gasteiger partial charge in [-0.1, -0.05) is 25.3 Å². The van der Waals surface area contributed by atoms with Gasteiger partial charge in [0, 0.05) is 38.0 Å². The van der Waals surface area contributed by atoms with E-state index >= 15 is 0 Å². The lowest BCUT2D eigenvalue weighted by molar-refractivity contribution is -0.127. The molecule has 3 rings (SSSR count). The van der Waals surface area contributed by atoms with Crippen LogP contribution in [0.2, 0.25) is 0 Å². The number of hydrogen-bond acceptors (Lipinski definition) is 4. The Balaban J connectivity index is 1.67. The number of rotatable bonds is 10. The first-order chi connectivity index (χ1) is 15.6. The number of methoxy groups -OCH3 is 2. The highest BCUT2D eigenvalue weighted by molar-refractivity contribution is 5.80. The summed E-state index contributed by atoms with van der Waals surface area (Å²) in [7, 11) is 3.36. The fourth-order valence-corrected chi connectivity index (χ4v) is 4.92. The molecule has 2 aliphatic rings. The van der Waals surface area contributed by atoms with Crippen molar-refractivity contribution in [1.29, 1.82) is 0 Å². The summed E-state index contributed by atoms with van der Waals surface area (Å²) in [6.07, 6.45) is 8.61. The maximum atomic E-state index is 11.8. The fraction of sp³-hybridized carbons (Fsp3) is 0.680. The van der Waals surface area contributed by atoms with Gasteiger partial charge in [-0.2, -0.15) is 0 Å². The average Bonchev–Trinajstić information content (AvgIpc) is 3.24. The second-order valence-corrected chi connectivity index (χ2v) is 8.87. The van der Waals surface area contributed by atoms with Crippen molar-refractivity contribution < 1.29 is 14.3 Å². The van der Waals surface area contributed by atoms with Crippen molar-refractivity contribution in [2.24, 2.45) is 4.99 Å². The van der Waals surface area contributed by atoms with Gasteiger partial charge in [0.2, 0.25) is 5.91 Å². The number of aliphatic imine (C=N–C) groups is 1. The van der Waals surface area contributed by atoms with Crippen molar-refractivity contribution in [3.63, 3.8) is 0 Å². The van der Waals surface area contributed by atoms with Gasteiger partial charge in [-0.05, 0) is 50.3 Å². The number of benzene rings is 1. The van der Waals surface area contributed by atoms with Crippen molar-refractivity contribution in [2.45, 2.75) is 63.7 Å². The molecule has 0 atom stereocenters. The van der Waals surface area contributed by atoms with Crippen molar-refractivity contribution in [3.8, 4) is 11.5 Å². The van der Waals surface area contributed by atoms with E-state index in [4.69, 9.17) is 14.5 Å². The van der Waals surface area contributed by atoms with E-state index in [1.54, 1.807) is 14.2 Å². The molecule has 1 amide bonds. The minimum absolute atomic E-state index is 0.0160. The van der Waals surface area contributed by atoms with E-state index in [-0.39, 0.29) is 5.41 Å². The number of carbonyl (C=O) groups excluding carboxylic acids is 1. The highest BCUT2D eigenvalue weighted by atomic mass is 16.5. The molecule has 2 fully saturated rings. The molecule has 32 heavy (non-hydrogen) atoms. The van der Waals surface area contributed by atoms with E-state index in [0.717, 1.165) is 75.9 Å². The second-order valence-electron chi connectivity index (χ2n) is 8.87. The quantitative estimate of drug-likeness (QED) is 0.328. The van der Waals surface area contributed by atoms with Crippen LogP contribution in [0.3, 0.4) is 0 Å². The van der Waals surface area contributed by atoms with E-state index in [1.165, 1.54) is 24.8 Å². The Bertz CT molecular complexity index is 774. The largest absolute Gasteiger partial charge is 0.493 e. The molecule has 1 aliphatic carbocycles. The maximum Gasteiger partial charge on any atom is 0.222 e. The van der Waals surface area contributed by atoms with Crippen LogP contribution in [0.1, 0.15) is 63.9 Å². The molecule has 0 spiro atoms. The topological polar surface area (TPSA) is 75.2 Å². The van der Waals surface area contributed by atoms with Crippen molar-refractivity contribution in [2.75, 3.05) is 46.9 Å². The Kier molecular flexibility index (Phi) is 9.06. The minimum Gasteiger partial charge on any atom is -0.493 e. The van der Waals surface area contributed by atoms with Gasteiger partial charge in [0.05, 0.1) is 20.8 Å². The van der Waals surface area contributed by atoms with Gasteiger partial charge in [0.15, 0.2) is 17.5 Å². The standard InChI is InChI=1S/C25H40N4O3/c1-4-26-24(27-15-9-17-29-16-8-10-23(29)30)28-19-25(13-6-5-7-14-25)20-11-12-21(31-2)22(18-20)32-3/h11-12,18H,4-10,13-17,19H2,1-3H3,(H2,26,27,28). The zero-order chi connectivity index (χ0) is 22.8. The van der Waals surface area contributed by atoms with E-state index in [9.17, 15) is 4.79 Å². The maximum absolute atomic E-state index is 11.8. The summed E-state index contributed by atoms with van der Waals surface area (Å²) >= 11 is 0. The lowest BCUT2D eigenvalue weighted by Crippen LogP contribution is -2.41. The number of nitrogens with one attached hydrogen (secondary N) is 2. The number of nitrogens with zero attached hydrogens (tertiary/aromatic N) is 2. The van der Waals surface area contributed by atoms with Gasteiger partial charge in [0.1, 0.15) is 0 Å².